The predicted molar refractivity (Wildman–Crippen MR) is 61.2 cm³/mol. The Bertz CT molecular complexity index is 729. The molecule has 3 rings (SSSR count). The zero-order valence-corrected chi connectivity index (χ0v) is 9.47. The second-order valence-corrected chi connectivity index (χ2v) is 3.75. The van der Waals surface area contributed by atoms with Crippen LogP contribution in [0.2, 0.25) is 0 Å². The van der Waals surface area contributed by atoms with Crippen LogP contribution in [0.5, 0.6) is 0 Å². The lowest BCUT2D eigenvalue weighted by Crippen LogP contribution is -1.81. The summed E-state index contributed by atoms with van der Waals surface area (Å²) in [5, 5.41) is 12.6. The number of hydrogen-bond acceptors (Lipinski definition) is 5. The van der Waals surface area contributed by atoms with Gasteiger partial charge in [0, 0.05) is 0 Å². The topological polar surface area (TPSA) is 91.6 Å². The lowest BCUT2D eigenvalue weighted by molar-refractivity contribution is 0.428. The third kappa shape index (κ3) is 1.58. The first kappa shape index (κ1) is 10.4. The highest BCUT2D eigenvalue weighted by atomic mass is 16.5. The van der Waals surface area contributed by atoms with Crippen molar-refractivity contribution in [2.24, 2.45) is 0 Å². The third-order valence-electron chi connectivity index (χ3n) is 2.53. The van der Waals surface area contributed by atoms with Crippen LogP contribution in [-0.4, -0.2) is 15.1 Å². The molecule has 0 aromatic carbocycles. The monoisotopic (exact) mass is 240 g/mol. The van der Waals surface area contributed by atoms with Crippen molar-refractivity contribution < 1.29 is 8.94 Å². The number of nitriles is 1. The van der Waals surface area contributed by atoms with Gasteiger partial charge in [0.2, 0.25) is 5.82 Å². The van der Waals surface area contributed by atoms with E-state index < -0.39 is 0 Å². The van der Waals surface area contributed by atoms with Gasteiger partial charge in [-0.15, -0.1) is 0 Å². The molecule has 0 radical (unpaired) electrons. The highest BCUT2D eigenvalue weighted by Gasteiger charge is 2.15. The quantitative estimate of drug-likeness (QED) is 0.742. The standard InChI is InChI=1S/C12H8N4O2/c1-7-4-5-17-10(7)11-15-12(18-16-11)9-3-2-8(6-13)14-9/h2-5,14H,1H3. The molecule has 18 heavy (non-hydrogen) atoms. The van der Waals surface area contributed by atoms with E-state index in [2.05, 4.69) is 15.1 Å². The maximum atomic E-state index is 8.73. The molecule has 0 bridgehead atoms. The van der Waals surface area contributed by atoms with Crippen LogP contribution in [0.3, 0.4) is 0 Å². The molecule has 6 nitrogen and oxygen atoms in total. The summed E-state index contributed by atoms with van der Waals surface area (Å²) in [6, 6.07) is 7.19. The number of aromatic amines is 1. The van der Waals surface area contributed by atoms with Crippen molar-refractivity contribution >= 4 is 0 Å². The Hall–Kier alpha value is -2.81. The summed E-state index contributed by atoms with van der Waals surface area (Å²) in [7, 11) is 0. The van der Waals surface area contributed by atoms with Gasteiger partial charge in [-0.2, -0.15) is 10.2 Å². The Morgan fingerprint density at radius 2 is 2.22 bits per heavy atom. The Balaban J connectivity index is 1.99. The minimum absolute atomic E-state index is 0.322. The van der Waals surface area contributed by atoms with Gasteiger partial charge in [-0.05, 0) is 30.7 Å². The molecule has 1 N–H and O–H groups in total. The molecule has 3 aromatic rings. The SMILES string of the molecule is Cc1ccoc1-c1noc(-c2ccc(C#N)[nH]2)n1. The average Bonchev–Trinajstić information content (AvgIpc) is 3.07. The molecular weight excluding hydrogens is 232 g/mol. The number of aromatic nitrogens is 3. The van der Waals surface area contributed by atoms with Gasteiger partial charge >= 0.3 is 0 Å². The van der Waals surface area contributed by atoms with E-state index >= 15 is 0 Å². The molecule has 0 fully saturated rings. The van der Waals surface area contributed by atoms with Crippen LogP contribution in [0, 0.1) is 18.3 Å². The summed E-state index contributed by atoms with van der Waals surface area (Å²) in [6.45, 7) is 1.90. The number of aryl methyl sites for hydroxylation is 1. The zero-order chi connectivity index (χ0) is 12.5. The van der Waals surface area contributed by atoms with E-state index in [9.17, 15) is 0 Å². The lowest BCUT2D eigenvalue weighted by Gasteiger charge is -1.88. The minimum Gasteiger partial charge on any atom is -0.461 e. The summed E-state index contributed by atoms with van der Waals surface area (Å²) in [5.41, 5.74) is 1.99. The Kier molecular flexibility index (Phi) is 2.24. The summed E-state index contributed by atoms with van der Waals surface area (Å²) in [5.74, 6) is 1.29. The molecule has 0 aliphatic carbocycles. The largest absolute Gasteiger partial charge is 0.461 e. The first-order valence-corrected chi connectivity index (χ1v) is 5.25. The lowest BCUT2D eigenvalue weighted by atomic mass is 10.3. The van der Waals surface area contributed by atoms with E-state index in [1.165, 1.54) is 0 Å². The Morgan fingerprint density at radius 3 is 2.89 bits per heavy atom. The van der Waals surface area contributed by atoms with Gasteiger partial charge in [-0.3, -0.25) is 0 Å². The van der Waals surface area contributed by atoms with E-state index in [1.807, 2.05) is 19.1 Å². The summed E-state index contributed by atoms with van der Waals surface area (Å²) >= 11 is 0. The molecule has 0 aliphatic rings. The molecule has 0 saturated carbocycles. The summed E-state index contributed by atoms with van der Waals surface area (Å²) < 4.78 is 10.4. The van der Waals surface area contributed by atoms with Crippen LogP contribution in [-0.2, 0) is 0 Å². The van der Waals surface area contributed by atoms with Crippen LogP contribution in [0.1, 0.15) is 11.3 Å². The molecular formula is C12H8N4O2. The summed E-state index contributed by atoms with van der Waals surface area (Å²) in [6.07, 6.45) is 1.57. The number of nitrogens with zero attached hydrogens (tertiary/aromatic N) is 3. The maximum Gasteiger partial charge on any atom is 0.274 e. The van der Waals surface area contributed by atoms with Gasteiger partial charge in [0.05, 0.1) is 6.26 Å². The van der Waals surface area contributed by atoms with Crippen molar-refractivity contribution in [2.45, 2.75) is 6.92 Å². The minimum atomic E-state index is 0.322. The second kappa shape index (κ2) is 3.89. The molecule has 6 heteroatoms. The average molecular weight is 240 g/mol. The van der Waals surface area contributed by atoms with E-state index in [4.69, 9.17) is 14.2 Å². The van der Waals surface area contributed by atoms with Crippen LogP contribution >= 0.6 is 0 Å². The van der Waals surface area contributed by atoms with Gasteiger partial charge in [0.1, 0.15) is 17.5 Å². The van der Waals surface area contributed by atoms with Crippen LogP contribution in [0.15, 0.2) is 33.4 Å². The number of rotatable bonds is 2. The van der Waals surface area contributed by atoms with Crippen molar-refractivity contribution in [3.63, 3.8) is 0 Å². The van der Waals surface area contributed by atoms with Crippen molar-refractivity contribution in [3.05, 3.63) is 35.7 Å². The van der Waals surface area contributed by atoms with E-state index in [-0.39, 0.29) is 0 Å². The number of hydrogen-bond donors (Lipinski definition) is 1. The van der Waals surface area contributed by atoms with Crippen LogP contribution < -0.4 is 0 Å². The van der Waals surface area contributed by atoms with Gasteiger partial charge in [-0.1, -0.05) is 5.16 Å². The molecule has 0 atom stereocenters. The smallest absolute Gasteiger partial charge is 0.274 e. The van der Waals surface area contributed by atoms with E-state index in [0.29, 0.717) is 28.9 Å². The van der Waals surface area contributed by atoms with Crippen LogP contribution in [0.25, 0.3) is 23.2 Å². The predicted octanol–water partition coefficient (Wildman–Crippen LogP) is 2.50. The zero-order valence-electron chi connectivity index (χ0n) is 9.47. The fourth-order valence-electron chi connectivity index (χ4n) is 1.61. The molecule has 0 unspecified atom stereocenters. The first-order valence-electron chi connectivity index (χ1n) is 5.25. The van der Waals surface area contributed by atoms with Crippen molar-refractivity contribution in [1.82, 2.24) is 15.1 Å². The van der Waals surface area contributed by atoms with Crippen LogP contribution in [0.4, 0.5) is 0 Å². The fraction of sp³-hybridized carbons (Fsp3) is 0.0833. The van der Waals surface area contributed by atoms with Gasteiger partial charge in [-0.25, -0.2) is 0 Å². The molecule has 0 amide bonds. The molecule has 0 spiro atoms. The highest BCUT2D eigenvalue weighted by molar-refractivity contribution is 5.56. The molecule has 0 aliphatic heterocycles. The van der Waals surface area contributed by atoms with Gasteiger partial charge in [0.15, 0.2) is 5.76 Å². The van der Waals surface area contributed by atoms with Crippen molar-refractivity contribution in [2.75, 3.05) is 0 Å². The van der Waals surface area contributed by atoms with Gasteiger partial charge in [0.25, 0.3) is 5.89 Å². The maximum absolute atomic E-state index is 8.73. The molecule has 88 valence electrons. The Morgan fingerprint density at radius 1 is 1.33 bits per heavy atom. The van der Waals surface area contributed by atoms with E-state index in [1.54, 1.807) is 18.4 Å². The highest BCUT2D eigenvalue weighted by Crippen LogP contribution is 2.24. The van der Waals surface area contributed by atoms with Gasteiger partial charge < -0.3 is 13.9 Å². The summed E-state index contributed by atoms with van der Waals surface area (Å²) in [4.78, 5) is 7.08. The third-order valence-corrected chi connectivity index (χ3v) is 2.53. The van der Waals surface area contributed by atoms with E-state index in [0.717, 1.165) is 5.56 Å². The Labute approximate surface area is 102 Å². The van der Waals surface area contributed by atoms with Crippen molar-refractivity contribution in [1.29, 1.82) is 5.26 Å². The van der Waals surface area contributed by atoms with Crippen molar-refractivity contribution in [3.8, 4) is 29.2 Å². The number of furan rings is 1. The molecule has 3 heterocycles. The number of nitrogens with one attached hydrogen (secondary N) is 1. The normalized spacial score (nSPS) is 10.4. The number of H-pyrrole nitrogens is 1. The first-order chi connectivity index (χ1) is 8.78. The molecule has 3 aromatic heterocycles. The molecule has 0 saturated heterocycles. The second-order valence-electron chi connectivity index (χ2n) is 3.75. The fourth-order valence-corrected chi connectivity index (χ4v) is 1.61.